The average Bonchev–Trinajstić information content (AvgIpc) is 2.28. The number of hydrogen-bond acceptors (Lipinski definition) is 2. The summed E-state index contributed by atoms with van der Waals surface area (Å²) in [6.45, 7) is 0. The first-order valence-electron chi connectivity index (χ1n) is 4.94. The molecule has 0 bridgehead atoms. The first kappa shape index (κ1) is 12.8. The number of nitrogens with one attached hydrogen (secondary N) is 1. The quantitative estimate of drug-likeness (QED) is 0.815. The van der Waals surface area contributed by atoms with Gasteiger partial charge in [0, 0.05) is 11.4 Å². The van der Waals surface area contributed by atoms with Crippen molar-refractivity contribution in [3.63, 3.8) is 0 Å². The molecule has 0 aliphatic heterocycles. The molecule has 6 heteroatoms. The number of rotatable bonds is 2. The third-order valence-electron chi connectivity index (χ3n) is 2.25. The summed E-state index contributed by atoms with van der Waals surface area (Å²) in [6, 6.07) is 6.02. The Morgan fingerprint density at radius 2 is 1.56 bits per heavy atom. The molecule has 0 saturated heterocycles. The molecule has 18 heavy (non-hydrogen) atoms. The first-order chi connectivity index (χ1) is 8.47. The van der Waals surface area contributed by atoms with Gasteiger partial charge in [0.15, 0.2) is 11.6 Å². The SMILES string of the molecule is Nc1cc(F)c(Nc2ccc(Br)c(F)c2)c(F)c1. The molecule has 2 aromatic rings. The summed E-state index contributed by atoms with van der Waals surface area (Å²) in [7, 11) is 0. The molecule has 0 aliphatic carbocycles. The van der Waals surface area contributed by atoms with E-state index in [2.05, 4.69) is 21.2 Å². The Balaban J connectivity index is 2.37. The maximum Gasteiger partial charge on any atom is 0.151 e. The molecule has 0 unspecified atom stereocenters. The van der Waals surface area contributed by atoms with E-state index in [1.807, 2.05) is 0 Å². The van der Waals surface area contributed by atoms with E-state index in [1.165, 1.54) is 12.1 Å². The highest BCUT2D eigenvalue weighted by atomic mass is 79.9. The van der Waals surface area contributed by atoms with Crippen molar-refractivity contribution in [2.45, 2.75) is 0 Å². The summed E-state index contributed by atoms with van der Waals surface area (Å²) in [5.74, 6) is -2.21. The Labute approximate surface area is 110 Å². The summed E-state index contributed by atoms with van der Waals surface area (Å²) in [5.41, 5.74) is 5.14. The number of hydrogen-bond donors (Lipinski definition) is 2. The molecule has 3 N–H and O–H groups in total. The fourth-order valence-corrected chi connectivity index (χ4v) is 1.68. The molecule has 2 aromatic carbocycles. The minimum atomic E-state index is -0.837. The standard InChI is InChI=1S/C12H8BrF3N2/c13-8-2-1-7(5-9(8)14)18-12-10(15)3-6(17)4-11(12)16/h1-5,18H,17H2. The molecule has 0 saturated carbocycles. The maximum absolute atomic E-state index is 13.5. The van der Waals surface area contributed by atoms with E-state index < -0.39 is 17.5 Å². The molecule has 0 atom stereocenters. The number of halogens is 4. The van der Waals surface area contributed by atoms with Crippen LogP contribution in [0, 0.1) is 17.5 Å². The predicted octanol–water partition coefficient (Wildman–Crippen LogP) is 4.19. The second-order valence-corrected chi connectivity index (χ2v) is 4.47. The van der Waals surface area contributed by atoms with E-state index in [1.54, 1.807) is 0 Å². The van der Waals surface area contributed by atoms with E-state index in [4.69, 9.17) is 5.73 Å². The van der Waals surface area contributed by atoms with Crippen molar-refractivity contribution in [3.05, 3.63) is 52.3 Å². The molecule has 0 fully saturated rings. The molecule has 2 nitrogen and oxygen atoms in total. The minimum Gasteiger partial charge on any atom is -0.399 e. The van der Waals surface area contributed by atoms with Crippen LogP contribution < -0.4 is 11.1 Å². The van der Waals surface area contributed by atoms with Crippen molar-refractivity contribution in [3.8, 4) is 0 Å². The van der Waals surface area contributed by atoms with Gasteiger partial charge in [-0.2, -0.15) is 0 Å². The van der Waals surface area contributed by atoms with Crippen LogP contribution in [0.2, 0.25) is 0 Å². The lowest BCUT2D eigenvalue weighted by molar-refractivity contribution is 0.591. The third-order valence-corrected chi connectivity index (χ3v) is 2.90. The molecule has 0 spiro atoms. The highest BCUT2D eigenvalue weighted by molar-refractivity contribution is 9.10. The van der Waals surface area contributed by atoms with Crippen molar-refractivity contribution in [1.29, 1.82) is 0 Å². The molecule has 0 aromatic heterocycles. The Kier molecular flexibility index (Phi) is 3.47. The first-order valence-corrected chi connectivity index (χ1v) is 5.73. The average molecular weight is 317 g/mol. The summed E-state index contributed by atoms with van der Waals surface area (Å²) in [5, 5.41) is 2.47. The van der Waals surface area contributed by atoms with Crippen LogP contribution in [-0.2, 0) is 0 Å². The van der Waals surface area contributed by atoms with E-state index in [0.717, 1.165) is 18.2 Å². The Bertz CT molecular complexity index is 579. The minimum absolute atomic E-state index is 0.0162. The second-order valence-electron chi connectivity index (χ2n) is 3.61. The van der Waals surface area contributed by atoms with Gasteiger partial charge in [0.25, 0.3) is 0 Å². The lowest BCUT2D eigenvalue weighted by atomic mass is 10.2. The molecular weight excluding hydrogens is 309 g/mol. The molecule has 2 rings (SSSR count). The van der Waals surface area contributed by atoms with Gasteiger partial charge in [-0.1, -0.05) is 0 Å². The Morgan fingerprint density at radius 1 is 0.944 bits per heavy atom. The van der Waals surface area contributed by atoms with Gasteiger partial charge in [0.1, 0.15) is 11.5 Å². The van der Waals surface area contributed by atoms with E-state index in [9.17, 15) is 13.2 Å². The van der Waals surface area contributed by atoms with Crippen molar-refractivity contribution in [2.24, 2.45) is 0 Å². The van der Waals surface area contributed by atoms with Crippen molar-refractivity contribution < 1.29 is 13.2 Å². The fraction of sp³-hybridized carbons (Fsp3) is 0. The van der Waals surface area contributed by atoms with E-state index in [0.29, 0.717) is 0 Å². The van der Waals surface area contributed by atoms with Crippen LogP contribution in [0.5, 0.6) is 0 Å². The van der Waals surface area contributed by atoms with Gasteiger partial charge in [0.05, 0.1) is 4.47 Å². The molecular formula is C12H8BrF3N2. The van der Waals surface area contributed by atoms with Gasteiger partial charge in [-0.15, -0.1) is 0 Å². The van der Waals surface area contributed by atoms with Crippen molar-refractivity contribution >= 4 is 33.0 Å². The normalized spacial score (nSPS) is 10.4. The van der Waals surface area contributed by atoms with Gasteiger partial charge in [0.2, 0.25) is 0 Å². The van der Waals surface area contributed by atoms with Gasteiger partial charge in [-0.25, -0.2) is 13.2 Å². The van der Waals surface area contributed by atoms with Gasteiger partial charge >= 0.3 is 0 Å². The molecule has 0 aliphatic rings. The van der Waals surface area contributed by atoms with E-state index in [-0.39, 0.29) is 21.5 Å². The van der Waals surface area contributed by atoms with Crippen LogP contribution in [0.15, 0.2) is 34.8 Å². The summed E-state index contributed by atoms with van der Waals surface area (Å²) < 4.78 is 40.5. The largest absolute Gasteiger partial charge is 0.399 e. The third kappa shape index (κ3) is 2.59. The number of nitrogens with two attached hydrogens (primary N) is 1. The van der Waals surface area contributed by atoms with Crippen LogP contribution in [0.3, 0.4) is 0 Å². The van der Waals surface area contributed by atoms with Crippen molar-refractivity contribution in [2.75, 3.05) is 11.1 Å². The molecule has 94 valence electrons. The zero-order valence-electron chi connectivity index (χ0n) is 8.98. The number of anilines is 3. The van der Waals surface area contributed by atoms with Crippen LogP contribution in [-0.4, -0.2) is 0 Å². The summed E-state index contributed by atoms with van der Waals surface area (Å²) >= 11 is 2.99. The molecule has 0 heterocycles. The maximum atomic E-state index is 13.5. The Morgan fingerprint density at radius 3 is 2.11 bits per heavy atom. The second kappa shape index (κ2) is 4.89. The van der Waals surface area contributed by atoms with Gasteiger partial charge in [-0.3, -0.25) is 0 Å². The Hall–Kier alpha value is -1.69. The van der Waals surface area contributed by atoms with E-state index >= 15 is 0 Å². The molecule has 0 radical (unpaired) electrons. The van der Waals surface area contributed by atoms with Crippen LogP contribution in [0.25, 0.3) is 0 Å². The fourth-order valence-electron chi connectivity index (χ4n) is 1.43. The monoisotopic (exact) mass is 316 g/mol. The smallest absolute Gasteiger partial charge is 0.151 e. The zero-order chi connectivity index (χ0) is 13.3. The number of benzene rings is 2. The number of nitrogen functional groups attached to an aromatic ring is 1. The lowest BCUT2D eigenvalue weighted by Crippen LogP contribution is -2.00. The zero-order valence-corrected chi connectivity index (χ0v) is 10.6. The van der Waals surface area contributed by atoms with Crippen LogP contribution in [0.1, 0.15) is 0 Å². The molecule has 0 amide bonds. The van der Waals surface area contributed by atoms with Crippen LogP contribution >= 0.6 is 15.9 Å². The predicted molar refractivity (Wildman–Crippen MR) is 68.2 cm³/mol. The topological polar surface area (TPSA) is 38.0 Å². The van der Waals surface area contributed by atoms with Crippen molar-refractivity contribution in [1.82, 2.24) is 0 Å². The van der Waals surface area contributed by atoms with Gasteiger partial charge < -0.3 is 11.1 Å². The lowest BCUT2D eigenvalue weighted by Gasteiger charge is -2.10. The highest BCUT2D eigenvalue weighted by Crippen LogP contribution is 2.27. The summed E-state index contributed by atoms with van der Waals surface area (Å²) in [6.07, 6.45) is 0. The summed E-state index contributed by atoms with van der Waals surface area (Å²) in [4.78, 5) is 0. The highest BCUT2D eigenvalue weighted by Gasteiger charge is 2.11. The van der Waals surface area contributed by atoms with Gasteiger partial charge in [-0.05, 0) is 46.3 Å². The van der Waals surface area contributed by atoms with Crippen LogP contribution in [0.4, 0.5) is 30.2 Å².